The fraction of sp³-hybridized carbons (Fsp3) is 0.545. The molecule has 31 heavy (non-hydrogen) atoms. The predicted octanol–water partition coefficient (Wildman–Crippen LogP) is 2.20. The summed E-state index contributed by atoms with van der Waals surface area (Å²) >= 11 is 0. The Morgan fingerprint density at radius 3 is 2.48 bits per heavy atom. The number of aromatic amines is 1. The number of rotatable bonds is 4. The van der Waals surface area contributed by atoms with Crippen molar-refractivity contribution in [2.24, 2.45) is 5.92 Å². The van der Waals surface area contributed by atoms with Crippen molar-refractivity contribution in [3.8, 4) is 0 Å². The van der Waals surface area contributed by atoms with Gasteiger partial charge < -0.3 is 14.6 Å². The van der Waals surface area contributed by atoms with Gasteiger partial charge in [-0.3, -0.25) is 9.59 Å². The first-order chi connectivity index (χ1) is 14.8. The second-order valence-electron chi connectivity index (χ2n) is 8.60. The summed E-state index contributed by atoms with van der Waals surface area (Å²) in [5.41, 5.74) is 0.298. The first-order valence-electron chi connectivity index (χ1n) is 10.8. The molecule has 1 saturated carbocycles. The molecule has 8 nitrogen and oxygen atoms in total. The first kappa shape index (κ1) is 22.0. The highest BCUT2D eigenvalue weighted by atomic mass is 32.2. The zero-order valence-corrected chi connectivity index (χ0v) is 18.8. The topological polar surface area (TPSA) is 99.8 Å². The molecule has 1 N–H and O–H groups in total. The number of benzene rings is 1. The van der Waals surface area contributed by atoms with Crippen molar-refractivity contribution >= 4 is 26.8 Å². The van der Waals surface area contributed by atoms with Crippen LogP contribution in [0.3, 0.4) is 0 Å². The summed E-state index contributed by atoms with van der Waals surface area (Å²) in [4.78, 5) is 30.1. The molecule has 2 aromatic rings. The standard InChI is InChI=1S/C22H29N3O5S/c1-15-3-5-16(6-4-15)24(2)22(27)19-14-21(26)23-20-8-7-17(13-18(19)20)31(28,29)25-9-11-30-12-10-25/h7-8,13-16H,3-6,9-12H2,1-2H3,(H,23,26). The zero-order valence-electron chi connectivity index (χ0n) is 18.0. The van der Waals surface area contributed by atoms with Gasteiger partial charge in [0.15, 0.2) is 0 Å². The number of amides is 1. The summed E-state index contributed by atoms with van der Waals surface area (Å²) in [6.07, 6.45) is 4.00. The van der Waals surface area contributed by atoms with E-state index in [9.17, 15) is 18.0 Å². The molecule has 0 spiro atoms. The summed E-state index contributed by atoms with van der Waals surface area (Å²) in [5.74, 6) is 0.407. The minimum absolute atomic E-state index is 0.108. The average Bonchev–Trinajstić information content (AvgIpc) is 2.78. The van der Waals surface area contributed by atoms with Crippen LogP contribution in [0.4, 0.5) is 0 Å². The average molecular weight is 448 g/mol. The van der Waals surface area contributed by atoms with E-state index in [0.29, 0.717) is 43.1 Å². The third-order valence-corrected chi connectivity index (χ3v) is 8.40. The number of hydrogen-bond donors (Lipinski definition) is 1. The lowest BCUT2D eigenvalue weighted by atomic mass is 9.86. The molecule has 2 aliphatic rings. The number of sulfonamides is 1. The van der Waals surface area contributed by atoms with Gasteiger partial charge in [-0.15, -0.1) is 0 Å². The molecule has 1 aromatic heterocycles. The number of hydrogen-bond acceptors (Lipinski definition) is 5. The van der Waals surface area contributed by atoms with Gasteiger partial charge in [-0.2, -0.15) is 4.31 Å². The lowest BCUT2D eigenvalue weighted by molar-refractivity contribution is 0.0681. The molecule has 2 heterocycles. The molecule has 0 radical (unpaired) electrons. The predicted molar refractivity (Wildman–Crippen MR) is 118 cm³/mol. The highest BCUT2D eigenvalue weighted by Gasteiger charge is 2.29. The number of carbonyl (C=O) groups excluding carboxylic acids is 1. The van der Waals surface area contributed by atoms with Crippen molar-refractivity contribution in [2.45, 2.75) is 43.5 Å². The van der Waals surface area contributed by atoms with E-state index in [1.54, 1.807) is 18.0 Å². The van der Waals surface area contributed by atoms with E-state index in [1.165, 1.54) is 22.5 Å². The summed E-state index contributed by atoms with van der Waals surface area (Å²) in [6.45, 7) is 3.52. The number of morpholine rings is 1. The summed E-state index contributed by atoms with van der Waals surface area (Å²) in [5, 5.41) is 0.440. The van der Waals surface area contributed by atoms with Crippen LogP contribution in [-0.2, 0) is 14.8 Å². The van der Waals surface area contributed by atoms with E-state index < -0.39 is 10.0 Å². The molecule has 9 heteroatoms. The number of fused-ring (bicyclic) bond motifs is 1. The Morgan fingerprint density at radius 2 is 1.81 bits per heavy atom. The van der Waals surface area contributed by atoms with Crippen LogP contribution in [0, 0.1) is 5.92 Å². The van der Waals surface area contributed by atoms with Crippen molar-refractivity contribution in [1.29, 1.82) is 0 Å². The number of nitrogens with one attached hydrogen (secondary N) is 1. The number of carbonyl (C=O) groups is 1. The molecule has 1 amide bonds. The van der Waals surface area contributed by atoms with E-state index in [-0.39, 0.29) is 28.0 Å². The molecule has 0 bridgehead atoms. The molecule has 1 aliphatic heterocycles. The van der Waals surface area contributed by atoms with E-state index in [2.05, 4.69) is 11.9 Å². The molecular formula is C22H29N3O5S. The maximum atomic E-state index is 13.4. The van der Waals surface area contributed by atoms with Gasteiger partial charge in [-0.1, -0.05) is 6.92 Å². The smallest absolute Gasteiger partial charge is 0.254 e. The van der Waals surface area contributed by atoms with Crippen LogP contribution in [0.5, 0.6) is 0 Å². The summed E-state index contributed by atoms with van der Waals surface area (Å²) in [6, 6.07) is 5.93. The zero-order chi connectivity index (χ0) is 22.2. The minimum Gasteiger partial charge on any atom is -0.379 e. The molecule has 1 aromatic carbocycles. The molecule has 1 aliphatic carbocycles. The largest absolute Gasteiger partial charge is 0.379 e. The van der Waals surface area contributed by atoms with Crippen molar-refractivity contribution in [3.63, 3.8) is 0 Å². The molecular weight excluding hydrogens is 418 g/mol. The van der Waals surface area contributed by atoms with Crippen LogP contribution in [-0.4, -0.2) is 67.9 Å². The van der Waals surface area contributed by atoms with Crippen LogP contribution in [0.15, 0.2) is 34.0 Å². The quantitative estimate of drug-likeness (QED) is 0.775. The summed E-state index contributed by atoms with van der Waals surface area (Å²) in [7, 11) is -1.95. The summed E-state index contributed by atoms with van der Waals surface area (Å²) < 4.78 is 32.8. The van der Waals surface area contributed by atoms with E-state index in [4.69, 9.17) is 4.74 Å². The van der Waals surface area contributed by atoms with Crippen molar-refractivity contribution in [2.75, 3.05) is 33.4 Å². The minimum atomic E-state index is -3.72. The van der Waals surface area contributed by atoms with Gasteiger partial charge in [0.1, 0.15) is 0 Å². The number of aromatic nitrogens is 1. The van der Waals surface area contributed by atoms with E-state index >= 15 is 0 Å². The van der Waals surface area contributed by atoms with Crippen molar-refractivity contribution < 1.29 is 17.9 Å². The first-order valence-corrected chi connectivity index (χ1v) is 12.2. The molecule has 1 saturated heterocycles. The number of H-pyrrole nitrogens is 1. The Labute approximate surface area is 182 Å². The Bertz CT molecular complexity index is 1130. The molecule has 0 unspecified atom stereocenters. The van der Waals surface area contributed by atoms with Crippen LogP contribution >= 0.6 is 0 Å². The Morgan fingerprint density at radius 1 is 1.13 bits per heavy atom. The lowest BCUT2D eigenvalue weighted by Crippen LogP contribution is -2.40. The SMILES string of the molecule is CC1CCC(N(C)C(=O)c2cc(=O)[nH]c3ccc(S(=O)(=O)N4CCOCC4)cc23)CC1. The molecule has 168 valence electrons. The lowest BCUT2D eigenvalue weighted by Gasteiger charge is -2.33. The van der Waals surface area contributed by atoms with Gasteiger partial charge in [0.2, 0.25) is 15.6 Å². The van der Waals surface area contributed by atoms with E-state index in [1.807, 2.05) is 0 Å². The van der Waals surface area contributed by atoms with Crippen LogP contribution in [0.25, 0.3) is 10.9 Å². The third kappa shape index (κ3) is 4.40. The second kappa shape index (κ2) is 8.72. The van der Waals surface area contributed by atoms with Crippen LogP contribution in [0.2, 0.25) is 0 Å². The van der Waals surface area contributed by atoms with Gasteiger partial charge in [0.05, 0.1) is 23.7 Å². The van der Waals surface area contributed by atoms with Gasteiger partial charge in [-0.05, 0) is 49.8 Å². The van der Waals surface area contributed by atoms with Crippen molar-refractivity contribution in [1.82, 2.24) is 14.2 Å². The van der Waals surface area contributed by atoms with Crippen molar-refractivity contribution in [3.05, 3.63) is 40.2 Å². The highest BCUT2D eigenvalue weighted by molar-refractivity contribution is 7.89. The van der Waals surface area contributed by atoms with Crippen LogP contribution < -0.4 is 5.56 Å². The monoisotopic (exact) mass is 447 g/mol. The van der Waals surface area contributed by atoms with E-state index in [0.717, 1.165) is 25.7 Å². The molecule has 4 rings (SSSR count). The number of pyridine rings is 1. The normalized spacial score (nSPS) is 23.0. The highest BCUT2D eigenvalue weighted by Crippen LogP contribution is 2.29. The fourth-order valence-electron chi connectivity index (χ4n) is 4.49. The van der Waals surface area contributed by atoms with Crippen LogP contribution in [0.1, 0.15) is 43.0 Å². The Kier molecular flexibility index (Phi) is 6.18. The van der Waals surface area contributed by atoms with Gasteiger partial charge in [0, 0.05) is 43.1 Å². The maximum absolute atomic E-state index is 13.4. The number of ether oxygens (including phenoxy) is 1. The Hall–Kier alpha value is -2.23. The Balaban J connectivity index is 1.72. The maximum Gasteiger partial charge on any atom is 0.254 e. The third-order valence-electron chi connectivity index (χ3n) is 6.51. The fourth-order valence-corrected chi connectivity index (χ4v) is 5.93. The van der Waals surface area contributed by atoms with Gasteiger partial charge in [0.25, 0.3) is 5.91 Å². The molecule has 0 atom stereocenters. The molecule has 2 fully saturated rings. The second-order valence-corrected chi connectivity index (χ2v) is 10.5. The number of nitrogens with zero attached hydrogens (tertiary/aromatic N) is 2. The van der Waals surface area contributed by atoms with Gasteiger partial charge in [-0.25, -0.2) is 8.42 Å². The van der Waals surface area contributed by atoms with Gasteiger partial charge >= 0.3 is 0 Å².